The van der Waals surface area contributed by atoms with E-state index in [-0.39, 0.29) is 11.0 Å². The molecule has 17 heavy (non-hydrogen) atoms. The molecule has 0 atom stereocenters. The minimum atomic E-state index is -0.134. The molecule has 0 fully saturated rings. The van der Waals surface area contributed by atoms with Gasteiger partial charge in [-0.15, -0.1) is 0 Å². The zero-order valence-corrected chi connectivity index (χ0v) is 10.7. The molecule has 2 aromatic heterocycles. The predicted molar refractivity (Wildman–Crippen MR) is 67.9 cm³/mol. The van der Waals surface area contributed by atoms with Gasteiger partial charge in [0.25, 0.3) is 5.56 Å². The summed E-state index contributed by atoms with van der Waals surface area (Å²) in [6.45, 7) is 6.11. The van der Waals surface area contributed by atoms with E-state index in [2.05, 4.69) is 10.1 Å². The molecule has 0 aliphatic carbocycles. The Morgan fingerprint density at radius 3 is 2.65 bits per heavy atom. The van der Waals surface area contributed by atoms with Crippen LogP contribution in [0.5, 0.6) is 0 Å². The van der Waals surface area contributed by atoms with Crippen molar-refractivity contribution < 1.29 is 0 Å². The normalized spacial score (nSPS) is 11.8. The second-order valence-electron chi connectivity index (χ2n) is 4.91. The first-order chi connectivity index (χ1) is 7.89. The third kappa shape index (κ3) is 2.26. The van der Waals surface area contributed by atoms with Crippen LogP contribution < -0.4 is 5.56 Å². The van der Waals surface area contributed by atoms with Crippen LogP contribution in [-0.2, 0) is 5.41 Å². The van der Waals surface area contributed by atoms with Crippen LogP contribution in [0.25, 0.3) is 5.69 Å². The summed E-state index contributed by atoms with van der Waals surface area (Å²) in [6.07, 6.45) is 1.59. The molecule has 0 aromatic carbocycles. The molecular formula is C12H14ClN3O. The highest BCUT2D eigenvalue weighted by Gasteiger charge is 2.18. The molecule has 0 amide bonds. The summed E-state index contributed by atoms with van der Waals surface area (Å²) < 4.78 is 1.41. The van der Waals surface area contributed by atoms with E-state index in [1.165, 1.54) is 4.68 Å². The Labute approximate surface area is 104 Å². The molecule has 0 saturated heterocycles. The number of hydrogen-bond acceptors (Lipinski definition) is 2. The topological polar surface area (TPSA) is 50.7 Å². The van der Waals surface area contributed by atoms with Crippen molar-refractivity contribution in [2.75, 3.05) is 0 Å². The Morgan fingerprint density at radius 1 is 1.41 bits per heavy atom. The molecule has 90 valence electrons. The van der Waals surface area contributed by atoms with Gasteiger partial charge in [-0.05, 0) is 12.1 Å². The van der Waals surface area contributed by atoms with Crippen LogP contribution in [0, 0.1) is 0 Å². The van der Waals surface area contributed by atoms with Gasteiger partial charge in [0.1, 0.15) is 5.69 Å². The van der Waals surface area contributed by atoms with Crippen LogP contribution in [0.2, 0.25) is 5.15 Å². The van der Waals surface area contributed by atoms with Gasteiger partial charge in [0.15, 0.2) is 5.15 Å². The summed E-state index contributed by atoms with van der Waals surface area (Å²) in [5.74, 6) is 0. The summed E-state index contributed by atoms with van der Waals surface area (Å²) in [5, 5.41) is 3.36. The lowest BCUT2D eigenvalue weighted by atomic mass is 9.93. The summed E-state index contributed by atoms with van der Waals surface area (Å²) in [5.41, 5.74) is 1.18. The molecule has 2 aromatic rings. The van der Waals surface area contributed by atoms with Crippen molar-refractivity contribution >= 4 is 11.6 Å². The minimum absolute atomic E-state index is 0.112. The van der Waals surface area contributed by atoms with Gasteiger partial charge < -0.3 is 0 Å². The van der Waals surface area contributed by atoms with Crippen molar-refractivity contribution in [2.24, 2.45) is 0 Å². The van der Waals surface area contributed by atoms with Gasteiger partial charge in [-0.1, -0.05) is 32.4 Å². The van der Waals surface area contributed by atoms with Crippen molar-refractivity contribution in [1.82, 2.24) is 14.8 Å². The van der Waals surface area contributed by atoms with Crippen molar-refractivity contribution in [3.8, 4) is 5.69 Å². The molecular weight excluding hydrogens is 238 g/mol. The van der Waals surface area contributed by atoms with Crippen LogP contribution in [-0.4, -0.2) is 14.8 Å². The number of pyridine rings is 1. The number of aromatic amines is 1. The lowest BCUT2D eigenvalue weighted by Gasteiger charge is -2.15. The van der Waals surface area contributed by atoms with Gasteiger partial charge in [0.2, 0.25) is 0 Å². The van der Waals surface area contributed by atoms with Crippen molar-refractivity contribution in [1.29, 1.82) is 0 Å². The first kappa shape index (κ1) is 11.9. The highest BCUT2D eigenvalue weighted by molar-refractivity contribution is 6.31. The summed E-state index contributed by atoms with van der Waals surface area (Å²) >= 11 is 5.96. The van der Waals surface area contributed by atoms with Gasteiger partial charge in [-0.25, -0.2) is 9.67 Å². The second kappa shape index (κ2) is 4.04. The van der Waals surface area contributed by atoms with Gasteiger partial charge >= 0.3 is 0 Å². The molecule has 0 aliphatic rings. The maximum absolute atomic E-state index is 11.9. The van der Waals surface area contributed by atoms with Crippen molar-refractivity contribution in [2.45, 2.75) is 26.2 Å². The number of H-pyrrole nitrogens is 1. The fourth-order valence-electron chi connectivity index (χ4n) is 1.50. The Balaban J connectivity index is 2.59. The molecule has 2 rings (SSSR count). The minimum Gasteiger partial charge on any atom is -0.294 e. The number of nitrogens with zero attached hydrogens (tertiary/aromatic N) is 2. The molecule has 0 aliphatic heterocycles. The van der Waals surface area contributed by atoms with Crippen molar-refractivity contribution in [3.63, 3.8) is 0 Å². The Hall–Kier alpha value is -1.55. The third-order valence-electron chi connectivity index (χ3n) is 2.51. The quantitative estimate of drug-likeness (QED) is 0.792. The van der Waals surface area contributed by atoms with E-state index < -0.39 is 0 Å². The molecule has 0 spiro atoms. The summed E-state index contributed by atoms with van der Waals surface area (Å²) in [4.78, 5) is 15.8. The van der Waals surface area contributed by atoms with E-state index in [1.54, 1.807) is 24.4 Å². The zero-order valence-electron chi connectivity index (χ0n) is 9.99. The molecule has 0 unspecified atom stereocenters. The number of hydrogen-bond donors (Lipinski definition) is 1. The standard InChI is InChI=1S/C12H14ClN3O/c1-12(2,3)9-7-10(17)16(15-9)8-5-4-6-14-11(8)13/h4-7,15H,1-3H3. The van der Waals surface area contributed by atoms with Crippen LogP contribution >= 0.6 is 11.6 Å². The molecule has 0 saturated carbocycles. The number of halogens is 1. The predicted octanol–water partition coefficient (Wildman–Crippen LogP) is 2.51. The Morgan fingerprint density at radius 2 is 2.12 bits per heavy atom. The Bertz CT molecular complexity index is 592. The highest BCUT2D eigenvalue weighted by Crippen LogP contribution is 2.20. The van der Waals surface area contributed by atoms with Gasteiger partial charge in [0, 0.05) is 23.4 Å². The van der Waals surface area contributed by atoms with Crippen LogP contribution in [0.15, 0.2) is 29.2 Å². The van der Waals surface area contributed by atoms with Gasteiger partial charge in [0.05, 0.1) is 0 Å². The van der Waals surface area contributed by atoms with E-state index >= 15 is 0 Å². The van der Waals surface area contributed by atoms with Crippen molar-refractivity contribution in [3.05, 3.63) is 45.6 Å². The van der Waals surface area contributed by atoms with Gasteiger partial charge in [-0.3, -0.25) is 9.89 Å². The van der Waals surface area contributed by atoms with E-state index in [4.69, 9.17) is 11.6 Å². The third-order valence-corrected chi connectivity index (χ3v) is 2.80. The number of nitrogens with one attached hydrogen (secondary N) is 1. The summed E-state index contributed by atoms with van der Waals surface area (Å²) in [6, 6.07) is 5.08. The largest absolute Gasteiger partial charge is 0.294 e. The lowest BCUT2D eigenvalue weighted by molar-refractivity contribution is 0.560. The average molecular weight is 252 g/mol. The SMILES string of the molecule is CC(C)(C)c1cc(=O)n(-c2cccnc2Cl)[nH]1. The second-order valence-corrected chi connectivity index (χ2v) is 5.26. The summed E-state index contributed by atoms with van der Waals surface area (Å²) in [7, 11) is 0. The monoisotopic (exact) mass is 251 g/mol. The van der Waals surface area contributed by atoms with Crippen LogP contribution in [0.1, 0.15) is 26.5 Å². The van der Waals surface area contributed by atoms with Gasteiger partial charge in [-0.2, -0.15) is 0 Å². The van der Waals surface area contributed by atoms with E-state index in [0.29, 0.717) is 10.8 Å². The smallest absolute Gasteiger partial charge is 0.271 e. The van der Waals surface area contributed by atoms with Crippen LogP contribution in [0.4, 0.5) is 0 Å². The van der Waals surface area contributed by atoms with E-state index in [9.17, 15) is 4.79 Å². The molecule has 0 radical (unpaired) electrons. The average Bonchev–Trinajstić information content (AvgIpc) is 2.61. The number of aromatic nitrogens is 3. The molecule has 2 heterocycles. The Kier molecular flexibility index (Phi) is 2.83. The van der Waals surface area contributed by atoms with Crippen LogP contribution in [0.3, 0.4) is 0 Å². The van der Waals surface area contributed by atoms with E-state index in [0.717, 1.165) is 5.69 Å². The lowest BCUT2D eigenvalue weighted by Crippen LogP contribution is -2.15. The fraction of sp³-hybridized carbons (Fsp3) is 0.333. The van der Waals surface area contributed by atoms with E-state index in [1.807, 2.05) is 20.8 Å². The maximum atomic E-state index is 11.9. The molecule has 1 N–H and O–H groups in total. The number of rotatable bonds is 1. The zero-order chi connectivity index (χ0) is 12.6. The maximum Gasteiger partial charge on any atom is 0.271 e. The fourth-order valence-corrected chi connectivity index (χ4v) is 1.71. The highest BCUT2D eigenvalue weighted by atomic mass is 35.5. The first-order valence-corrected chi connectivity index (χ1v) is 5.71. The molecule has 0 bridgehead atoms. The molecule has 4 nitrogen and oxygen atoms in total. The molecule has 5 heteroatoms. The first-order valence-electron chi connectivity index (χ1n) is 5.33.